The third-order valence-corrected chi connectivity index (χ3v) is 3.82. The number of hydrogen-bond acceptors (Lipinski definition) is 7. The molecule has 168 valence electrons. The van der Waals surface area contributed by atoms with Crippen molar-refractivity contribution in [2.24, 2.45) is 0 Å². The molecular formula is C20H25F3N6O2. The normalized spacial score (nSPS) is 12.4. The lowest BCUT2D eigenvalue weighted by atomic mass is 10.2. The van der Waals surface area contributed by atoms with Gasteiger partial charge in [0.25, 0.3) is 5.91 Å². The summed E-state index contributed by atoms with van der Waals surface area (Å²) in [6.07, 6.45) is -4.35. The van der Waals surface area contributed by atoms with Crippen LogP contribution in [0.25, 0.3) is 0 Å². The van der Waals surface area contributed by atoms with Gasteiger partial charge >= 0.3 is 6.18 Å². The van der Waals surface area contributed by atoms with Gasteiger partial charge < -0.3 is 26.0 Å². The second-order valence-corrected chi connectivity index (χ2v) is 6.29. The quantitative estimate of drug-likeness (QED) is 0.523. The zero-order chi connectivity index (χ0) is 23.0. The summed E-state index contributed by atoms with van der Waals surface area (Å²) < 4.78 is 42.2. The molecule has 0 spiro atoms. The molecule has 8 nitrogen and oxygen atoms in total. The molecule has 31 heavy (non-hydrogen) atoms. The average molecular weight is 438 g/mol. The maximum Gasteiger partial charge on any atom is 0.405 e. The van der Waals surface area contributed by atoms with Gasteiger partial charge in [0.15, 0.2) is 12.5 Å². The molecule has 0 radical (unpaired) electrons. The Kier molecular flexibility index (Phi) is 8.06. The number of hydrogen-bond donors (Lipinski definition) is 4. The number of aryl methyl sites for hydroxylation is 1. The van der Waals surface area contributed by atoms with Gasteiger partial charge in [0.1, 0.15) is 12.1 Å². The van der Waals surface area contributed by atoms with Crippen molar-refractivity contribution in [1.82, 2.24) is 20.6 Å². The van der Waals surface area contributed by atoms with Crippen molar-refractivity contribution in [3.8, 4) is 5.88 Å². The van der Waals surface area contributed by atoms with Gasteiger partial charge in [-0.1, -0.05) is 32.6 Å². The minimum Gasteiger partial charge on any atom is -0.456 e. The molecule has 11 heteroatoms. The molecule has 1 aliphatic heterocycles. The molecule has 0 saturated heterocycles. The summed E-state index contributed by atoms with van der Waals surface area (Å²) >= 11 is 0. The van der Waals surface area contributed by atoms with E-state index in [1.54, 1.807) is 6.07 Å². The fourth-order valence-corrected chi connectivity index (χ4v) is 2.51. The Balaban J connectivity index is 0.00000166. The highest BCUT2D eigenvalue weighted by molar-refractivity contribution is 6.02. The number of amides is 1. The Morgan fingerprint density at radius 3 is 2.71 bits per heavy atom. The summed E-state index contributed by atoms with van der Waals surface area (Å²) in [5.41, 5.74) is 1.95. The first kappa shape index (κ1) is 23.8. The number of nitrogens with zero attached hydrogens (tertiary/aromatic N) is 2. The molecule has 2 heterocycles. The van der Waals surface area contributed by atoms with Crippen LogP contribution in [0.4, 0.5) is 30.6 Å². The largest absolute Gasteiger partial charge is 0.456 e. The SMILES string of the molecule is C=C(CNc1nc(Nc2cccc(C)c2)c2c(n1)OCNC2=O)NCC(F)(F)F.CC. The summed E-state index contributed by atoms with van der Waals surface area (Å²) in [6, 6.07) is 7.44. The smallest absolute Gasteiger partial charge is 0.405 e. The predicted molar refractivity (Wildman–Crippen MR) is 112 cm³/mol. The first-order valence-corrected chi connectivity index (χ1v) is 9.60. The molecule has 3 rings (SSSR count). The zero-order valence-electron chi connectivity index (χ0n) is 17.5. The molecule has 0 bridgehead atoms. The lowest BCUT2D eigenvalue weighted by molar-refractivity contribution is -0.123. The molecular weight excluding hydrogens is 413 g/mol. The van der Waals surface area contributed by atoms with Crippen molar-refractivity contribution in [3.05, 3.63) is 47.7 Å². The number of carbonyl (C=O) groups is 1. The lowest BCUT2D eigenvalue weighted by Gasteiger charge is -2.21. The van der Waals surface area contributed by atoms with Crippen LogP contribution in [0.3, 0.4) is 0 Å². The van der Waals surface area contributed by atoms with Gasteiger partial charge in [-0.25, -0.2) is 0 Å². The van der Waals surface area contributed by atoms with Crippen molar-refractivity contribution in [1.29, 1.82) is 0 Å². The van der Waals surface area contributed by atoms with Crippen LogP contribution in [-0.2, 0) is 0 Å². The number of alkyl halides is 3. The Bertz CT molecular complexity index is 934. The summed E-state index contributed by atoms with van der Waals surface area (Å²) in [7, 11) is 0. The van der Waals surface area contributed by atoms with E-state index >= 15 is 0 Å². The fourth-order valence-electron chi connectivity index (χ4n) is 2.51. The van der Waals surface area contributed by atoms with Gasteiger partial charge in [0.2, 0.25) is 11.8 Å². The summed E-state index contributed by atoms with van der Waals surface area (Å²) in [4.78, 5) is 20.7. The first-order valence-electron chi connectivity index (χ1n) is 9.60. The van der Waals surface area contributed by atoms with E-state index in [1.165, 1.54) is 0 Å². The number of anilines is 3. The van der Waals surface area contributed by atoms with Crippen molar-refractivity contribution >= 4 is 23.4 Å². The Morgan fingerprint density at radius 2 is 2.03 bits per heavy atom. The van der Waals surface area contributed by atoms with Crippen LogP contribution < -0.4 is 26.0 Å². The van der Waals surface area contributed by atoms with Crippen LogP contribution in [0.1, 0.15) is 29.8 Å². The molecule has 1 aromatic heterocycles. The Hall–Kier alpha value is -3.50. The molecule has 1 amide bonds. The number of aromatic nitrogens is 2. The van der Waals surface area contributed by atoms with Crippen molar-refractivity contribution in [3.63, 3.8) is 0 Å². The van der Waals surface area contributed by atoms with Crippen molar-refractivity contribution < 1.29 is 22.7 Å². The summed E-state index contributed by atoms with van der Waals surface area (Å²) in [5.74, 6) is -0.0582. The van der Waals surface area contributed by atoms with E-state index in [4.69, 9.17) is 4.74 Å². The zero-order valence-corrected chi connectivity index (χ0v) is 17.5. The molecule has 0 saturated carbocycles. The van der Waals surface area contributed by atoms with E-state index in [1.807, 2.05) is 39.0 Å². The highest BCUT2D eigenvalue weighted by Crippen LogP contribution is 2.29. The van der Waals surface area contributed by atoms with Crippen LogP contribution >= 0.6 is 0 Å². The molecule has 0 unspecified atom stereocenters. The fraction of sp³-hybridized carbons (Fsp3) is 0.350. The second kappa shape index (κ2) is 10.5. The van der Waals surface area contributed by atoms with E-state index in [9.17, 15) is 18.0 Å². The molecule has 0 atom stereocenters. The Labute approximate surface area is 178 Å². The highest BCUT2D eigenvalue weighted by atomic mass is 19.4. The molecule has 4 N–H and O–H groups in total. The lowest BCUT2D eigenvalue weighted by Crippen LogP contribution is -2.34. The maximum atomic E-state index is 12.3. The van der Waals surface area contributed by atoms with Gasteiger partial charge in [-0.2, -0.15) is 23.1 Å². The average Bonchev–Trinajstić information content (AvgIpc) is 2.71. The third kappa shape index (κ3) is 7.05. The van der Waals surface area contributed by atoms with Crippen LogP contribution in [0.5, 0.6) is 5.88 Å². The van der Waals surface area contributed by atoms with Gasteiger partial charge in [-0.15, -0.1) is 0 Å². The molecule has 0 fully saturated rings. The molecule has 1 aliphatic rings. The van der Waals surface area contributed by atoms with Gasteiger partial charge in [-0.3, -0.25) is 4.79 Å². The van der Waals surface area contributed by atoms with E-state index in [-0.39, 0.29) is 42.2 Å². The first-order chi connectivity index (χ1) is 14.7. The number of ether oxygens (including phenoxy) is 1. The van der Waals surface area contributed by atoms with Gasteiger partial charge in [0.05, 0.1) is 6.54 Å². The maximum absolute atomic E-state index is 12.3. The van der Waals surface area contributed by atoms with E-state index in [2.05, 4.69) is 37.8 Å². The molecule has 2 aromatic rings. The van der Waals surface area contributed by atoms with Crippen molar-refractivity contribution in [2.45, 2.75) is 26.9 Å². The van der Waals surface area contributed by atoms with E-state index in [0.717, 1.165) is 5.56 Å². The van der Waals surface area contributed by atoms with Gasteiger partial charge in [-0.05, 0) is 24.6 Å². The third-order valence-electron chi connectivity index (χ3n) is 3.82. The number of nitrogens with one attached hydrogen (secondary N) is 4. The minimum absolute atomic E-state index is 0.0496. The summed E-state index contributed by atoms with van der Waals surface area (Å²) in [5, 5.41) is 10.6. The highest BCUT2D eigenvalue weighted by Gasteiger charge is 2.27. The van der Waals surface area contributed by atoms with Crippen LogP contribution in [0.15, 0.2) is 36.5 Å². The van der Waals surface area contributed by atoms with Crippen LogP contribution in [-0.4, -0.2) is 41.9 Å². The number of fused-ring (bicyclic) bond motifs is 1. The monoisotopic (exact) mass is 438 g/mol. The summed E-state index contributed by atoms with van der Waals surface area (Å²) in [6.45, 7) is 8.16. The predicted octanol–water partition coefficient (Wildman–Crippen LogP) is 3.71. The number of benzene rings is 1. The molecule has 0 aliphatic carbocycles. The van der Waals surface area contributed by atoms with E-state index in [0.29, 0.717) is 5.69 Å². The van der Waals surface area contributed by atoms with Crippen LogP contribution in [0.2, 0.25) is 0 Å². The number of halogens is 3. The van der Waals surface area contributed by atoms with Crippen LogP contribution in [0, 0.1) is 6.92 Å². The van der Waals surface area contributed by atoms with E-state index < -0.39 is 18.6 Å². The Morgan fingerprint density at radius 1 is 1.29 bits per heavy atom. The van der Waals surface area contributed by atoms with Crippen molar-refractivity contribution in [2.75, 3.05) is 30.5 Å². The topological polar surface area (TPSA) is 100 Å². The molecule has 1 aromatic carbocycles. The van der Waals surface area contributed by atoms with Gasteiger partial charge in [0, 0.05) is 11.4 Å². The number of rotatable bonds is 7. The number of carbonyl (C=O) groups excluding carboxylic acids is 1. The standard InChI is InChI=1S/C18H19F3N6O2.C2H6/c1-10-4-3-5-12(6-10)25-14-13-15(28)24-9-29-16(13)27-17(26-14)22-7-11(2)23-8-18(19,20)21;1-2/h3-6,23H,2,7-9H2,1H3,(H,24,28)(H2,22,25,26,27);1-2H3. The second-order valence-electron chi connectivity index (χ2n) is 6.29. The minimum atomic E-state index is -4.35.